The van der Waals surface area contributed by atoms with Crippen LogP contribution in [-0.2, 0) is 13.6 Å². The normalized spacial score (nSPS) is 10.6. The van der Waals surface area contributed by atoms with Gasteiger partial charge in [-0.15, -0.1) is 5.10 Å². The van der Waals surface area contributed by atoms with Gasteiger partial charge in [-0.3, -0.25) is 9.48 Å². The molecule has 106 valence electrons. The molecule has 0 atom stereocenters. The highest BCUT2D eigenvalue weighted by Crippen LogP contribution is 2.17. The van der Waals surface area contributed by atoms with Crippen molar-refractivity contribution in [2.75, 3.05) is 7.05 Å². The van der Waals surface area contributed by atoms with E-state index in [1.807, 2.05) is 0 Å². The fourth-order valence-electron chi connectivity index (χ4n) is 1.62. The number of aryl methyl sites for hydroxylation is 1. The van der Waals surface area contributed by atoms with Crippen LogP contribution in [0.4, 0.5) is 5.82 Å². The van der Waals surface area contributed by atoms with Gasteiger partial charge in [-0.05, 0) is 4.92 Å². The third-order valence-corrected chi connectivity index (χ3v) is 3.04. The van der Waals surface area contributed by atoms with E-state index < -0.39 is 10.8 Å². The van der Waals surface area contributed by atoms with Crippen LogP contribution in [0.2, 0.25) is 5.02 Å². The third-order valence-electron chi connectivity index (χ3n) is 2.72. The quantitative estimate of drug-likeness (QED) is 0.668. The van der Waals surface area contributed by atoms with Crippen LogP contribution in [0.1, 0.15) is 16.2 Å². The van der Waals surface area contributed by atoms with Gasteiger partial charge in [0.1, 0.15) is 0 Å². The first-order valence-electron chi connectivity index (χ1n) is 5.51. The van der Waals surface area contributed by atoms with E-state index in [0.29, 0.717) is 10.7 Å². The number of hydrogen-bond acceptors (Lipinski definition) is 5. The first kappa shape index (κ1) is 14.0. The summed E-state index contributed by atoms with van der Waals surface area (Å²) in [6.07, 6.45) is 1.48. The number of hydrogen-bond donors (Lipinski definition) is 1. The summed E-state index contributed by atoms with van der Waals surface area (Å²) in [7, 11) is 3.26. The second kappa shape index (κ2) is 5.29. The molecular formula is C10H11ClN6O3. The smallest absolute Gasteiger partial charge is 0.343 e. The van der Waals surface area contributed by atoms with Crippen LogP contribution in [0.5, 0.6) is 0 Å². The Balaban J connectivity index is 2.14. The van der Waals surface area contributed by atoms with E-state index in [9.17, 15) is 14.9 Å². The lowest BCUT2D eigenvalue weighted by atomic mass is 10.3. The van der Waals surface area contributed by atoms with E-state index >= 15 is 0 Å². The average molecular weight is 299 g/mol. The summed E-state index contributed by atoms with van der Waals surface area (Å²) in [5, 5.41) is 20.7. The summed E-state index contributed by atoms with van der Waals surface area (Å²) in [6.45, 7) is 0.217. The molecule has 1 amide bonds. The maximum Gasteiger partial charge on any atom is 0.343 e. The van der Waals surface area contributed by atoms with Gasteiger partial charge in [0.2, 0.25) is 0 Å². The molecule has 0 spiro atoms. The van der Waals surface area contributed by atoms with Crippen molar-refractivity contribution in [1.29, 1.82) is 0 Å². The van der Waals surface area contributed by atoms with Crippen molar-refractivity contribution in [3.63, 3.8) is 0 Å². The molecular weight excluding hydrogens is 288 g/mol. The van der Waals surface area contributed by atoms with Crippen LogP contribution in [0.15, 0.2) is 12.3 Å². The van der Waals surface area contributed by atoms with Gasteiger partial charge < -0.3 is 15.0 Å². The van der Waals surface area contributed by atoms with Gasteiger partial charge in [-0.25, -0.2) is 0 Å². The Morgan fingerprint density at radius 3 is 2.85 bits per heavy atom. The fourth-order valence-corrected chi connectivity index (χ4v) is 1.85. The Labute approximate surface area is 118 Å². The van der Waals surface area contributed by atoms with Crippen LogP contribution in [0.25, 0.3) is 0 Å². The molecule has 2 rings (SSSR count). The van der Waals surface area contributed by atoms with E-state index in [0.717, 1.165) is 6.07 Å². The number of carbonyl (C=O) groups excluding carboxylic acids is 1. The molecule has 2 aromatic heterocycles. The van der Waals surface area contributed by atoms with Gasteiger partial charge in [0.15, 0.2) is 5.69 Å². The molecule has 0 aromatic carbocycles. The van der Waals surface area contributed by atoms with Crippen molar-refractivity contribution in [3.05, 3.63) is 38.8 Å². The molecule has 0 fully saturated rings. The zero-order valence-electron chi connectivity index (χ0n) is 10.7. The highest BCUT2D eigenvalue weighted by atomic mass is 35.5. The summed E-state index contributed by atoms with van der Waals surface area (Å²) >= 11 is 5.95. The maximum absolute atomic E-state index is 12.1. The second-order valence-corrected chi connectivity index (χ2v) is 4.53. The second-order valence-electron chi connectivity index (χ2n) is 4.12. The molecule has 0 aliphatic rings. The van der Waals surface area contributed by atoms with Crippen molar-refractivity contribution in [1.82, 2.24) is 24.9 Å². The Kier molecular flexibility index (Phi) is 3.70. The van der Waals surface area contributed by atoms with Crippen molar-refractivity contribution in [3.8, 4) is 0 Å². The number of aromatic nitrogens is 4. The summed E-state index contributed by atoms with van der Waals surface area (Å²) < 4.78 is 1.55. The molecule has 0 aliphatic carbocycles. The predicted molar refractivity (Wildman–Crippen MR) is 69.3 cm³/mol. The number of H-pyrrole nitrogens is 1. The SMILES string of the molecule is CN(Cc1c(Cl)cnn1C)C(=O)c1cc([N+](=O)[O-])[nH]n1. The van der Waals surface area contributed by atoms with Crippen molar-refractivity contribution in [2.24, 2.45) is 7.05 Å². The largest absolute Gasteiger partial charge is 0.358 e. The van der Waals surface area contributed by atoms with Gasteiger partial charge in [0, 0.05) is 14.1 Å². The minimum absolute atomic E-state index is 0.0301. The number of nitro groups is 1. The molecule has 0 saturated carbocycles. The lowest BCUT2D eigenvalue weighted by Gasteiger charge is -2.15. The lowest BCUT2D eigenvalue weighted by molar-refractivity contribution is -0.389. The third kappa shape index (κ3) is 2.62. The molecule has 9 nitrogen and oxygen atoms in total. The van der Waals surface area contributed by atoms with Gasteiger partial charge in [0.25, 0.3) is 5.91 Å². The molecule has 2 heterocycles. The molecule has 10 heteroatoms. The predicted octanol–water partition coefficient (Wildman–Crippen LogP) is 0.977. The standard InChI is InChI=1S/C10H11ClN6O3/c1-15(5-8-6(11)4-12-16(8)2)10(18)7-3-9(14-13-7)17(19)20/h3-4H,5H2,1-2H3,(H,13,14). The first-order chi connectivity index (χ1) is 9.40. The Hall–Kier alpha value is -2.42. The Bertz CT molecular complexity index is 644. The number of nitrogens with zero attached hydrogens (tertiary/aromatic N) is 5. The highest BCUT2D eigenvalue weighted by molar-refractivity contribution is 6.31. The Morgan fingerprint density at radius 2 is 2.35 bits per heavy atom. The maximum atomic E-state index is 12.1. The molecule has 0 unspecified atom stereocenters. The Morgan fingerprint density at radius 1 is 1.65 bits per heavy atom. The van der Waals surface area contributed by atoms with Gasteiger partial charge in [-0.2, -0.15) is 5.10 Å². The van der Waals surface area contributed by atoms with E-state index in [-0.39, 0.29) is 18.1 Å². The minimum atomic E-state index is -0.651. The molecule has 1 N–H and O–H groups in total. The van der Waals surface area contributed by atoms with Crippen molar-refractivity contribution in [2.45, 2.75) is 6.54 Å². The number of halogens is 1. The summed E-state index contributed by atoms with van der Waals surface area (Å²) in [6, 6.07) is 1.09. The molecule has 2 aromatic rings. The van der Waals surface area contributed by atoms with Crippen LogP contribution in [0, 0.1) is 10.1 Å². The number of aromatic amines is 1. The average Bonchev–Trinajstić information content (AvgIpc) is 3.00. The molecule has 0 radical (unpaired) electrons. The van der Waals surface area contributed by atoms with Crippen LogP contribution >= 0.6 is 11.6 Å². The highest BCUT2D eigenvalue weighted by Gasteiger charge is 2.21. The van der Waals surface area contributed by atoms with E-state index in [1.54, 1.807) is 18.8 Å². The van der Waals surface area contributed by atoms with Crippen LogP contribution in [0.3, 0.4) is 0 Å². The monoisotopic (exact) mass is 298 g/mol. The topological polar surface area (TPSA) is 110 Å². The zero-order chi connectivity index (χ0) is 14.9. The number of rotatable bonds is 4. The van der Waals surface area contributed by atoms with Crippen molar-refractivity contribution < 1.29 is 9.72 Å². The number of amides is 1. The fraction of sp³-hybridized carbons (Fsp3) is 0.300. The molecule has 0 saturated heterocycles. The van der Waals surface area contributed by atoms with E-state index in [4.69, 9.17) is 11.6 Å². The molecule has 20 heavy (non-hydrogen) atoms. The number of nitrogens with one attached hydrogen (secondary N) is 1. The lowest BCUT2D eigenvalue weighted by Crippen LogP contribution is -2.27. The first-order valence-corrected chi connectivity index (χ1v) is 5.89. The van der Waals surface area contributed by atoms with Gasteiger partial charge in [0.05, 0.1) is 29.5 Å². The van der Waals surface area contributed by atoms with Crippen LogP contribution < -0.4 is 0 Å². The summed E-state index contributed by atoms with van der Waals surface area (Å²) in [5.41, 5.74) is 0.630. The van der Waals surface area contributed by atoms with Gasteiger partial charge >= 0.3 is 5.82 Å². The summed E-state index contributed by atoms with van der Waals surface area (Å²) in [5.74, 6) is -0.785. The van der Waals surface area contributed by atoms with E-state index in [1.165, 1.54) is 11.1 Å². The van der Waals surface area contributed by atoms with Crippen molar-refractivity contribution >= 4 is 23.3 Å². The molecule has 0 bridgehead atoms. The number of carbonyl (C=O) groups is 1. The zero-order valence-corrected chi connectivity index (χ0v) is 11.5. The summed E-state index contributed by atoms with van der Waals surface area (Å²) in [4.78, 5) is 23.3. The minimum Gasteiger partial charge on any atom is -0.358 e. The van der Waals surface area contributed by atoms with Gasteiger partial charge in [-0.1, -0.05) is 16.7 Å². The van der Waals surface area contributed by atoms with E-state index in [2.05, 4.69) is 15.3 Å². The molecule has 0 aliphatic heterocycles. The van der Waals surface area contributed by atoms with Crippen LogP contribution in [-0.4, -0.2) is 42.8 Å².